The van der Waals surface area contributed by atoms with Crippen molar-refractivity contribution in [1.29, 1.82) is 0 Å². The Morgan fingerprint density at radius 1 is 1.27 bits per heavy atom. The Kier molecular flexibility index (Phi) is 3.67. The van der Waals surface area contributed by atoms with Crippen LogP contribution in [0.25, 0.3) is 0 Å². The summed E-state index contributed by atoms with van der Waals surface area (Å²) in [5.74, 6) is 2.85. The van der Waals surface area contributed by atoms with Crippen molar-refractivity contribution < 1.29 is 9.59 Å². The molecule has 0 aromatic carbocycles. The molecule has 1 atom stereocenters. The van der Waals surface area contributed by atoms with E-state index in [2.05, 4.69) is 5.32 Å². The number of Topliss-reactive ketones (excluding diaryl/α,β-unsaturated/α-hetero) is 1. The molecule has 1 aliphatic carbocycles. The Balaban J connectivity index is 1.76. The van der Waals surface area contributed by atoms with Gasteiger partial charge in [0.25, 0.3) is 0 Å². The lowest BCUT2D eigenvalue weighted by Crippen LogP contribution is -2.41. The molecule has 1 saturated heterocycles. The summed E-state index contributed by atoms with van der Waals surface area (Å²) in [5.41, 5.74) is 0. The number of hydrogen-bond acceptors (Lipinski definition) is 3. The number of nitrogens with one attached hydrogen (secondary N) is 1. The number of amides is 1. The number of carbonyl (C=O) groups is 2. The van der Waals surface area contributed by atoms with Gasteiger partial charge in [0.1, 0.15) is 5.78 Å². The molecule has 84 valence electrons. The van der Waals surface area contributed by atoms with Gasteiger partial charge in [0.05, 0.1) is 0 Å². The fourth-order valence-corrected chi connectivity index (χ4v) is 3.36. The molecule has 2 fully saturated rings. The number of rotatable bonds is 2. The summed E-state index contributed by atoms with van der Waals surface area (Å²) in [6.07, 6.45) is 3.98. The molecular formula is C11H17NO2S. The van der Waals surface area contributed by atoms with Crippen LogP contribution in [0.1, 0.15) is 32.1 Å². The van der Waals surface area contributed by atoms with Crippen molar-refractivity contribution >= 4 is 23.5 Å². The van der Waals surface area contributed by atoms with Gasteiger partial charge in [-0.15, -0.1) is 0 Å². The third-order valence-electron chi connectivity index (χ3n) is 3.19. The van der Waals surface area contributed by atoms with E-state index >= 15 is 0 Å². The lowest BCUT2D eigenvalue weighted by atomic mass is 9.94. The van der Waals surface area contributed by atoms with E-state index in [-0.39, 0.29) is 17.9 Å². The average Bonchev–Trinajstić information content (AvgIpc) is 2.74. The summed E-state index contributed by atoms with van der Waals surface area (Å²) < 4.78 is 0. The molecule has 0 aromatic rings. The number of carbonyl (C=O) groups excluding carboxylic acids is 2. The Morgan fingerprint density at radius 2 is 2.00 bits per heavy atom. The summed E-state index contributed by atoms with van der Waals surface area (Å²) in [4.78, 5) is 22.8. The monoisotopic (exact) mass is 227 g/mol. The molecule has 1 heterocycles. The van der Waals surface area contributed by atoms with Gasteiger partial charge in [0.15, 0.2) is 0 Å². The second kappa shape index (κ2) is 5.01. The largest absolute Gasteiger partial charge is 0.353 e. The third kappa shape index (κ3) is 2.97. The fourth-order valence-electron chi connectivity index (χ4n) is 2.14. The lowest BCUT2D eigenvalue weighted by molar-refractivity contribution is -0.127. The minimum absolute atomic E-state index is 0.208. The maximum Gasteiger partial charge on any atom is 0.224 e. The molecule has 1 amide bonds. The number of ketones is 1. The molecule has 0 spiro atoms. The van der Waals surface area contributed by atoms with Gasteiger partial charge in [-0.25, -0.2) is 0 Å². The molecule has 1 aliphatic heterocycles. The SMILES string of the molecule is O=C1CCC(NC(=O)C2CCSC2)CC1. The van der Waals surface area contributed by atoms with Crippen LogP contribution in [0.5, 0.6) is 0 Å². The van der Waals surface area contributed by atoms with E-state index in [1.54, 1.807) is 0 Å². The highest BCUT2D eigenvalue weighted by Crippen LogP contribution is 2.24. The predicted octanol–water partition coefficient (Wildman–Crippen LogP) is 1.37. The second-order valence-electron chi connectivity index (χ2n) is 4.38. The zero-order valence-electron chi connectivity index (χ0n) is 8.83. The minimum atomic E-state index is 0.208. The van der Waals surface area contributed by atoms with Crippen molar-refractivity contribution in [2.75, 3.05) is 11.5 Å². The Bertz CT molecular complexity index is 251. The summed E-state index contributed by atoms with van der Waals surface area (Å²) in [6.45, 7) is 0. The molecule has 1 N–H and O–H groups in total. The van der Waals surface area contributed by atoms with Crippen LogP contribution in [-0.4, -0.2) is 29.2 Å². The summed E-state index contributed by atoms with van der Waals surface area (Å²) in [7, 11) is 0. The molecular weight excluding hydrogens is 210 g/mol. The molecule has 0 bridgehead atoms. The van der Waals surface area contributed by atoms with Crippen molar-refractivity contribution in [3.8, 4) is 0 Å². The van der Waals surface area contributed by atoms with Crippen LogP contribution in [0, 0.1) is 5.92 Å². The molecule has 0 radical (unpaired) electrons. The summed E-state index contributed by atoms with van der Waals surface area (Å²) in [6, 6.07) is 0.251. The van der Waals surface area contributed by atoms with Gasteiger partial charge in [-0.05, 0) is 25.0 Å². The van der Waals surface area contributed by atoms with Crippen molar-refractivity contribution in [1.82, 2.24) is 5.32 Å². The molecule has 2 rings (SSSR count). The van der Waals surface area contributed by atoms with Gasteiger partial charge in [0, 0.05) is 30.6 Å². The number of hydrogen-bond donors (Lipinski definition) is 1. The maximum absolute atomic E-state index is 11.8. The van der Waals surface area contributed by atoms with E-state index in [1.165, 1.54) is 0 Å². The van der Waals surface area contributed by atoms with Gasteiger partial charge in [-0.1, -0.05) is 0 Å². The van der Waals surface area contributed by atoms with Crippen LogP contribution in [0.2, 0.25) is 0 Å². The summed E-state index contributed by atoms with van der Waals surface area (Å²) >= 11 is 1.86. The first kappa shape index (κ1) is 11.0. The zero-order chi connectivity index (χ0) is 10.7. The van der Waals surface area contributed by atoms with E-state index in [0.29, 0.717) is 18.6 Å². The minimum Gasteiger partial charge on any atom is -0.353 e. The van der Waals surface area contributed by atoms with Gasteiger partial charge in [0.2, 0.25) is 5.91 Å². The van der Waals surface area contributed by atoms with Gasteiger partial charge in [-0.3, -0.25) is 9.59 Å². The Hall–Kier alpha value is -0.510. The van der Waals surface area contributed by atoms with Crippen molar-refractivity contribution in [2.45, 2.75) is 38.1 Å². The topological polar surface area (TPSA) is 46.2 Å². The quantitative estimate of drug-likeness (QED) is 0.775. The zero-order valence-corrected chi connectivity index (χ0v) is 9.65. The number of thioether (sulfide) groups is 1. The summed E-state index contributed by atoms with van der Waals surface area (Å²) in [5, 5.41) is 3.08. The second-order valence-corrected chi connectivity index (χ2v) is 5.53. The predicted molar refractivity (Wildman–Crippen MR) is 60.8 cm³/mol. The maximum atomic E-state index is 11.8. The first-order valence-corrected chi connectivity index (χ1v) is 6.81. The van der Waals surface area contributed by atoms with E-state index in [9.17, 15) is 9.59 Å². The molecule has 1 unspecified atom stereocenters. The average molecular weight is 227 g/mol. The molecule has 2 aliphatic rings. The fraction of sp³-hybridized carbons (Fsp3) is 0.818. The molecule has 1 saturated carbocycles. The molecule has 3 nitrogen and oxygen atoms in total. The standard InChI is InChI=1S/C11H17NO2S/c13-10-3-1-9(2-4-10)12-11(14)8-5-6-15-7-8/h8-9H,1-7H2,(H,12,14). The molecule has 4 heteroatoms. The Labute approximate surface area is 94.4 Å². The lowest BCUT2D eigenvalue weighted by Gasteiger charge is -2.23. The van der Waals surface area contributed by atoms with Crippen LogP contribution in [-0.2, 0) is 9.59 Å². The van der Waals surface area contributed by atoms with E-state index < -0.39 is 0 Å². The van der Waals surface area contributed by atoms with Crippen LogP contribution in [0.15, 0.2) is 0 Å². The van der Waals surface area contributed by atoms with E-state index in [4.69, 9.17) is 0 Å². The molecule has 0 aromatic heterocycles. The van der Waals surface area contributed by atoms with Crippen LogP contribution in [0.3, 0.4) is 0 Å². The smallest absolute Gasteiger partial charge is 0.224 e. The Morgan fingerprint density at radius 3 is 2.60 bits per heavy atom. The van der Waals surface area contributed by atoms with Crippen molar-refractivity contribution in [3.05, 3.63) is 0 Å². The van der Waals surface area contributed by atoms with Crippen LogP contribution < -0.4 is 5.32 Å². The van der Waals surface area contributed by atoms with Gasteiger partial charge < -0.3 is 5.32 Å². The highest BCUT2D eigenvalue weighted by Gasteiger charge is 2.26. The van der Waals surface area contributed by atoms with Gasteiger partial charge >= 0.3 is 0 Å². The van der Waals surface area contributed by atoms with Crippen molar-refractivity contribution in [3.63, 3.8) is 0 Å². The first-order valence-electron chi connectivity index (χ1n) is 5.65. The third-order valence-corrected chi connectivity index (χ3v) is 4.35. The van der Waals surface area contributed by atoms with E-state index in [0.717, 1.165) is 30.8 Å². The first-order chi connectivity index (χ1) is 7.25. The van der Waals surface area contributed by atoms with Crippen molar-refractivity contribution in [2.24, 2.45) is 5.92 Å². The normalized spacial score (nSPS) is 28.0. The van der Waals surface area contributed by atoms with Crippen LogP contribution in [0.4, 0.5) is 0 Å². The van der Waals surface area contributed by atoms with Crippen LogP contribution >= 0.6 is 11.8 Å². The molecule has 15 heavy (non-hydrogen) atoms. The van der Waals surface area contributed by atoms with Gasteiger partial charge in [-0.2, -0.15) is 11.8 Å². The highest BCUT2D eigenvalue weighted by molar-refractivity contribution is 7.99. The highest BCUT2D eigenvalue weighted by atomic mass is 32.2. The van der Waals surface area contributed by atoms with E-state index in [1.807, 2.05) is 11.8 Å².